The standard InChI is InChI=1S/C11H22O2/c1-3-5-7-9-11(13)10(12)8-6-4-2/h10,12H,3-9H2,1-2H3/t10-/m0/s1. The second-order valence-electron chi connectivity index (χ2n) is 3.58. The highest BCUT2D eigenvalue weighted by Gasteiger charge is 2.12. The molecular weight excluding hydrogens is 164 g/mol. The first-order chi connectivity index (χ1) is 6.22. The number of carbonyl (C=O) groups is 1. The molecule has 78 valence electrons. The Morgan fingerprint density at radius 2 is 1.77 bits per heavy atom. The van der Waals surface area contributed by atoms with E-state index in [9.17, 15) is 9.90 Å². The Bertz CT molecular complexity index is 132. The van der Waals surface area contributed by atoms with Gasteiger partial charge < -0.3 is 5.11 Å². The first kappa shape index (κ1) is 12.6. The Balaban J connectivity index is 3.45. The van der Waals surface area contributed by atoms with Gasteiger partial charge in [-0.1, -0.05) is 39.5 Å². The summed E-state index contributed by atoms with van der Waals surface area (Å²) in [5.74, 6) is 0.0295. The molecule has 0 heterocycles. The van der Waals surface area contributed by atoms with Crippen LogP contribution in [0.5, 0.6) is 0 Å². The topological polar surface area (TPSA) is 37.3 Å². The zero-order valence-corrected chi connectivity index (χ0v) is 8.88. The quantitative estimate of drug-likeness (QED) is 0.592. The average molecular weight is 186 g/mol. The van der Waals surface area contributed by atoms with Crippen molar-refractivity contribution in [3.8, 4) is 0 Å². The van der Waals surface area contributed by atoms with Crippen LogP contribution in [0, 0.1) is 0 Å². The maximum absolute atomic E-state index is 11.3. The minimum Gasteiger partial charge on any atom is -0.385 e. The van der Waals surface area contributed by atoms with E-state index in [1.54, 1.807) is 0 Å². The van der Waals surface area contributed by atoms with Gasteiger partial charge in [-0.3, -0.25) is 4.79 Å². The molecule has 0 radical (unpaired) electrons. The number of hydrogen-bond acceptors (Lipinski definition) is 2. The molecule has 0 aliphatic heterocycles. The SMILES string of the molecule is CCCCCC(=O)[C@@H](O)CCCC. The molecular formula is C11H22O2. The van der Waals surface area contributed by atoms with Crippen LogP contribution in [-0.2, 0) is 4.79 Å². The molecule has 2 nitrogen and oxygen atoms in total. The van der Waals surface area contributed by atoms with Crippen molar-refractivity contribution in [1.29, 1.82) is 0 Å². The van der Waals surface area contributed by atoms with Gasteiger partial charge in [-0.15, -0.1) is 0 Å². The summed E-state index contributed by atoms with van der Waals surface area (Å²) in [5.41, 5.74) is 0. The van der Waals surface area contributed by atoms with Gasteiger partial charge >= 0.3 is 0 Å². The lowest BCUT2D eigenvalue weighted by molar-refractivity contribution is -0.127. The van der Waals surface area contributed by atoms with E-state index in [4.69, 9.17) is 0 Å². The number of rotatable bonds is 8. The van der Waals surface area contributed by atoms with Gasteiger partial charge in [0, 0.05) is 6.42 Å². The van der Waals surface area contributed by atoms with Gasteiger partial charge in [0.25, 0.3) is 0 Å². The predicted molar refractivity (Wildman–Crippen MR) is 54.7 cm³/mol. The number of hydrogen-bond donors (Lipinski definition) is 1. The van der Waals surface area contributed by atoms with Crippen molar-refractivity contribution in [2.75, 3.05) is 0 Å². The van der Waals surface area contributed by atoms with E-state index < -0.39 is 6.10 Å². The van der Waals surface area contributed by atoms with Gasteiger partial charge in [0.15, 0.2) is 5.78 Å². The number of ketones is 1. The normalized spacial score (nSPS) is 12.8. The van der Waals surface area contributed by atoms with Crippen LogP contribution in [0.4, 0.5) is 0 Å². The number of aliphatic hydroxyl groups is 1. The molecule has 1 N–H and O–H groups in total. The number of Topliss-reactive ketones (excluding diaryl/α,β-unsaturated/α-hetero) is 1. The molecule has 0 saturated carbocycles. The van der Waals surface area contributed by atoms with Crippen molar-refractivity contribution in [3.63, 3.8) is 0 Å². The summed E-state index contributed by atoms with van der Waals surface area (Å²) >= 11 is 0. The zero-order chi connectivity index (χ0) is 10.1. The molecule has 0 amide bonds. The van der Waals surface area contributed by atoms with E-state index >= 15 is 0 Å². The van der Waals surface area contributed by atoms with Crippen LogP contribution in [0.25, 0.3) is 0 Å². The smallest absolute Gasteiger partial charge is 0.161 e. The largest absolute Gasteiger partial charge is 0.385 e. The molecule has 0 aromatic rings. The van der Waals surface area contributed by atoms with Gasteiger partial charge in [-0.05, 0) is 12.8 Å². The van der Waals surface area contributed by atoms with Crippen molar-refractivity contribution < 1.29 is 9.90 Å². The van der Waals surface area contributed by atoms with Gasteiger partial charge in [0.05, 0.1) is 0 Å². The van der Waals surface area contributed by atoms with Crippen molar-refractivity contribution in [3.05, 3.63) is 0 Å². The van der Waals surface area contributed by atoms with E-state index in [1.807, 2.05) is 0 Å². The highest BCUT2D eigenvalue weighted by Crippen LogP contribution is 2.07. The molecule has 0 unspecified atom stereocenters. The third kappa shape index (κ3) is 6.76. The Morgan fingerprint density at radius 3 is 2.31 bits per heavy atom. The molecule has 0 spiro atoms. The molecule has 0 saturated heterocycles. The lowest BCUT2D eigenvalue weighted by atomic mass is 10.0. The lowest BCUT2D eigenvalue weighted by Gasteiger charge is -2.07. The number of aliphatic hydroxyl groups excluding tert-OH is 1. The van der Waals surface area contributed by atoms with Crippen LogP contribution in [0.1, 0.15) is 58.8 Å². The van der Waals surface area contributed by atoms with Gasteiger partial charge in [0.2, 0.25) is 0 Å². The summed E-state index contributed by atoms with van der Waals surface area (Å²) in [7, 11) is 0. The van der Waals surface area contributed by atoms with Gasteiger partial charge in [-0.25, -0.2) is 0 Å². The zero-order valence-electron chi connectivity index (χ0n) is 8.88. The Kier molecular flexibility index (Phi) is 8.00. The van der Waals surface area contributed by atoms with Crippen molar-refractivity contribution >= 4 is 5.78 Å². The average Bonchev–Trinajstić information content (AvgIpc) is 2.14. The minimum absolute atomic E-state index is 0.0295. The summed E-state index contributed by atoms with van der Waals surface area (Å²) in [6.45, 7) is 4.17. The van der Waals surface area contributed by atoms with Crippen molar-refractivity contribution in [2.24, 2.45) is 0 Å². The third-order valence-corrected chi connectivity index (χ3v) is 2.23. The van der Waals surface area contributed by atoms with E-state index in [0.29, 0.717) is 12.8 Å². The van der Waals surface area contributed by atoms with Gasteiger partial charge in [-0.2, -0.15) is 0 Å². The highest BCUT2D eigenvalue weighted by molar-refractivity contribution is 5.82. The van der Waals surface area contributed by atoms with Crippen LogP contribution in [0.15, 0.2) is 0 Å². The molecule has 0 fully saturated rings. The van der Waals surface area contributed by atoms with Crippen LogP contribution < -0.4 is 0 Å². The molecule has 0 rings (SSSR count). The van der Waals surface area contributed by atoms with E-state index in [-0.39, 0.29) is 5.78 Å². The Labute approximate surface area is 81.3 Å². The van der Waals surface area contributed by atoms with Crippen molar-refractivity contribution in [2.45, 2.75) is 64.9 Å². The van der Waals surface area contributed by atoms with Crippen LogP contribution in [0.3, 0.4) is 0 Å². The molecule has 0 aromatic carbocycles. The summed E-state index contributed by atoms with van der Waals surface area (Å²) in [6, 6.07) is 0. The fourth-order valence-corrected chi connectivity index (χ4v) is 1.27. The number of unbranched alkanes of at least 4 members (excludes halogenated alkanes) is 3. The lowest BCUT2D eigenvalue weighted by Crippen LogP contribution is -2.19. The molecule has 0 aliphatic carbocycles. The molecule has 1 atom stereocenters. The van der Waals surface area contributed by atoms with Crippen LogP contribution in [0.2, 0.25) is 0 Å². The Morgan fingerprint density at radius 1 is 1.15 bits per heavy atom. The van der Waals surface area contributed by atoms with E-state index in [1.165, 1.54) is 0 Å². The second-order valence-corrected chi connectivity index (χ2v) is 3.58. The summed E-state index contributed by atoms with van der Waals surface area (Å²) in [6.07, 6.45) is 5.63. The fraction of sp³-hybridized carbons (Fsp3) is 0.909. The summed E-state index contributed by atoms with van der Waals surface area (Å²) in [4.78, 5) is 11.3. The molecule has 2 heteroatoms. The summed E-state index contributed by atoms with van der Waals surface area (Å²) < 4.78 is 0. The van der Waals surface area contributed by atoms with E-state index in [0.717, 1.165) is 32.1 Å². The second kappa shape index (κ2) is 8.24. The first-order valence-corrected chi connectivity index (χ1v) is 5.43. The molecule has 13 heavy (non-hydrogen) atoms. The highest BCUT2D eigenvalue weighted by atomic mass is 16.3. The fourth-order valence-electron chi connectivity index (χ4n) is 1.27. The molecule has 0 bridgehead atoms. The Hall–Kier alpha value is -0.370. The predicted octanol–water partition coefficient (Wildman–Crippen LogP) is 2.69. The first-order valence-electron chi connectivity index (χ1n) is 5.43. The van der Waals surface area contributed by atoms with Crippen LogP contribution in [-0.4, -0.2) is 17.0 Å². The maximum atomic E-state index is 11.3. The molecule has 0 aromatic heterocycles. The molecule has 0 aliphatic rings. The maximum Gasteiger partial charge on any atom is 0.161 e. The number of carbonyl (C=O) groups excluding carboxylic acids is 1. The van der Waals surface area contributed by atoms with E-state index in [2.05, 4.69) is 13.8 Å². The van der Waals surface area contributed by atoms with Crippen LogP contribution >= 0.6 is 0 Å². The van der Waals surface area contributed by atoms with Crippen molar-refractivity contribution in [1.82, 2.24) is 0 Å². The monoisotopic (exact) mass is 186 g/mol. The minimum atomic E-state index is -0.697. The van der Waals surface area contributed by atoms with Gasteiger partial charge in [0.1, 0.15) is 6.10 Å². The third-order valence-electron chi connectivity index (χ3n) is 2.23. The summed E-state index contributed by atoms with van der Waals surface area (Å²) in [5, 5.41) is 9.40.